The van der Waals surface area contributed by atoms with Gasteiger partial charge in [0, 0.05) is 19.1 Å². The summed E-state index contributed by atoms with van der Waals surface area (Å²) in [4.78, 5) is 15.9. The van der Waals surface area contributed by atoms with E-state index >= 15 is 0 Å². The quantitative estimate of drug-likeness (QED) is 0.562. The first-order valence-electron chi connectivity index (χ1n) is 12.2. The lowest BCUT2D eigenvalue weighted by Crippen LogP contribution is -2.43. The van der Waals surface area contributed by atoms with Crippen LogP contribution in [0.5, 0.6) is 0 Å². The lowest BCUT2D eigenvalue weighted by atomic mass is 9.87. The van der Waals surface area contributed by atoms with E-state index in [-0.39, 0.29) is 11.8 Å². The number of amides is 1. The van der Waals surface area contributed by atoms with E-state index < -0.39 is 0 Å². The number of fused-ring (bicyclic) bond motifs is 1. The van der Waals surface area contributed by atoms with Gasteiger partial charge >= 0.3 is 0 Å². The third-order valence-corrected chi connectivity index (χ3v) is 7.40. The van der Waals surface area contributed by atoms with E-state index in [2.05, 4.69) is 66.5 Å². The molecule has 1 aliphatic carbocycles. The predicted molar refractivity (Wildman–Crippen MR) is 128 cm³/mol. The molecule has 0 aromatic heterocycles. The fourth-order valence-electron chi connectivity index (χ4n) is 5.80. The van der Waals surface area contributed by atoms with Gasteiger partial charge in [-0.25, -0.2) is 0 Å². The van der Waals surface area contributed by atoms with Crippen molar-refractivity contribution in [2.75, 3.05) is 19.6 Å². The van der Waals surface area contributed by atoms with Crippen molar-refractivity contribution in [2.24, 2.45) is 17.8 Å². The van der Waals surface area contributed by atoms with Crippen LogP contribution < -0.4 is 5.32 Å². The molecule has 1 saturated carbocycles. The summed E-state index contributed by atoms with van der Waals surface area (Å²) in [5.41, 5.74) is 2.58. The van der Waals surface area contributed by atoms with Crippen LogP contribution in [0.25, 0.3) is 0 Å². The minimum atomic E-state index is -0.0595. The molecule has 1 aliphatic heterocycles. The van der Waals surface area contributed by atoms with Crippen molar-refractivity contribution in [2.45, 2.75) is 57.9 Å². The first-order chi connectivity index (χ1) is 15.1. The molecule has 2 aliphatic rings. The van der Waals surface area contributed by atoms with Gasteiger partial charge in [0.15, 0.2) is 0 Å². The molecular formula is C28H38N2O. The smallest absolute Gasteiger partial charge is 0.228 e. The fourth-order valence-corrected chi connectivity index (χ4v) is 5.80. The van der Waals surface area contributed by atoms with E-state index in [1.165, 1.54) is 44.3 Å². The van der Waals surface area contributed by atoms with Crippen molar-refractivity contribution in [3.8, 4) is 0 Å². The van der Waals surface area contributed by atoms with Crippen LogP contribution in [0.4, 0.5) is 0 Å². The SMILES string of the molecule is CC(C)C(C(=O)N[C@H]1CC[C@@H]2CN(CCCCc3ccccc3)C[C@@H]21)c1ccccc1. The van der Waals surface area contributed by atoms with Crippen molar-refractivity contribution >= 4 is 5.91 Å². The number of carbonyl (C=O) groups is 1. The van der Waals surface area contributed by atoms with E-state index in [0.717, 1.165) is 24.4 Å². The Hall–Kier alpha value is -2.13. The third kappa shape index (κ3) is 5.57. The van der Waals surface area contributed by atoms with Gasteiger partial charge in [0.05, 0.1) is 5.92 Å². The summed E-state index contributed by atoms with van der Waals surface area (Å²) in [7, 11) is 0. The average molecular weight is 419 g/mol. The Bertz CT molecular complexity index is 819. The largest absolute Gasteiger partial charge is 0.352 e. The maximum Gasteiger partial charge on any atom is 0.228 e. The van der Waals surface area contributed by atoms with Crippen LogP contribution in [0.1, 0.15) is 56.6 Å². The summed E-state index contributed by atoms with van der Waals surface area (Å²) in [6, 6.07) is 21.4. The van der Waals surface area contributed by atoms with Gasteiger partial charge in [-0.05, 0) is 67.5 Å². The highest BCUT2D eigenvalue weighted by Crippen LogP contribution is 2.39. The van der Waals surface area contributed by atoms with Gasteiger partial charge in [0.1, 0.15) is 0 Å². The Labute approximate surface area is 188 Å². The molecule has 2 aromatic rings. The van der Waals surface area contributed by atoms with Crippen molar-refractivity contribution < 1.29 is 4.79 Å². The van der Waals surface area contributed by atoms with Crippen LogP contribution in [0.15, 0.2) is 60.7 Å². The Morgan fingerprint density at radius 2 is 1.68 bits per heavy atom. The van der Waals surface area contributed by atoms with E-state index in [0.29, 0.717) is 17.9 Å². The van der Waals surface area contributed by atoms with Gasteiger partial charge < -0.3 is 10.2 Å². The number of unbranched alkanes of at least 4 members (excludes halogenated alkanes) is 1. The summed E-state index contributed by atoms with van der Waals surface area (Å²) >= 11 is 0. The summed E-state index contributed by atoms with van der Waals surface area (Å²) in [6.07, 6.45) is 6.09. The molecule has 2 fully saturated rings. The molecule has 166 valence electrons. The van der Waals surface area contributed by atoms with Gasteiger partial charge in [-0.2, -0.15) is 0 Å². The van der Waals surface area contributed by atoms with Crippen molar-refractivity contribution in [3.05, 3.63) is 71.8 Å². The minimum absolute atomic E-state index is 0.0595. The second-order valence-electron chi connectivity index (χ2n) is 9.95. The Morgan fingerprint density at radius 3 is 2.39 bits per heavy atom. The van der Waals surface area contributed by atoms with Crippen molar-refractivity contribution in [1.29, 1.82) is 0 Å². The van der Waals surface area contributed by atoms with Gasteiger partial charge in [-0.1, -0.05) is 74.5 Å². The van der Waals surface area contributed by atoms with E-state index in [4.69, 9.17) is 0 Å². The maximum absolute atomic E-state index is 13.2. The monoisotopic (exact) mass is 418 g/mol. The summed E-state index contributed by atoms with van der Waals surface area (Å²) in [5.74, 6) is 1.84. The predicted octanol–water partition coefficient (Wildman–Crippen LogP) is 5.28. The van der Waals surface area contributed by atoms with Crippen LogP contribution in [0.2, 0.25) is 0 Å². The number of nitrogens with one attached hydrogen (secondary N) is 1. The normalized spacial score (nSPS) is 24.3. The fraction of sp³-hybridized carbons (Fsp3) is 0.536. The first-order valence-corrected chi connectivity index (χ1v) is 12.2. The molecule has 3 heteroatoms. The Balaban J connectivity index is 1.26. The molecular weight excluding hydrogens is 380 g/mol. The van der Waals surface area contributed by atoms with E-state index in [9.17, 15) is 4.79 Å². The van der Waals surface area contributed by atoms with E-state index in [1.807, 2.05) is 18.2 Å². The van der Waals surface area contributed by atoms with E-state index in [1.54, 1.807) is 0 Å². The Morgan fingerprint density at radius 1 is 0.968 bits per heavy atom. The molecule has 0 bridgehead atoms. The van der Waals surface area contributed by atoms with Crippen molar-refractivity contribution in [1.82, 2.24) is 10.2 Å². The third-order valence-electron chi connectivity index (χ3n) is 7.40. The topological polar surface area (TPSA) is 32.3 Å². The zero-order chi connectivity index (χ0) is 21.6. The van der Waals surface area contributed by atoms with Crippen LogP contribution in [0.3, 0.4) is 0 Å². The number of aryl methyl sites for hydroxylation is 1. The van der Waals surface area contributed by atoms with Gasteiger partial charge in [0.2, 0.25) is 5.91 Å². The Kier molecular flexibility index (Phi) is 7.45. The van der Waals surface area contributed by atoms with Gasteiger partial charge in [-0.15, -0.1) is 0 Å². The highest BCUT2D eigenvalue weighted by Gasteiger charge is 2.43. The highest BCUT2D eigenvalue weighted by atomic mass is 16.2. The molecule has 1 saturated heterocycles. The summed E-state index contributed by atoms with van der Waals surface area (Å²) < 4.78 is 0. The van der Waals surface area contributed by atoms with Crippen LogP contribution >= 0.6 is 0 Å². The van der Waals surface area contributed by atoms with Gasteiger partial charge in [0.25, 0.3) is 0 Å². The number of nitrogens with zero attached hydrogens (tertiary/aromatic N) is 1. The molecule has 4 atom stereocenters. The molecule has 1 amide bonds. The zero-order valence-electron chi connectivity index (χ0n) is 19.2. The standard InChI is InChI=1S/C28H38N2O/c1-21(2)27(23-14-7-4-8-15-23)28(31)29-26-17-16-24-19-30(20-25(24)26)18-10-9-13-22-11-5-3-6-12-22/h3-8,11-12,14-15,21,24-27H,9-10,13,16-20H2,1-2H3,(H,29,31)/t24-,25+,26+,27?/m1/s1. The number of benzene rings is 2. The van der Waals surface area contributed by atoms with Crippen LogP contribution in [-0.2, 0) is 11.2 Å². The zero-order valence-corrected chi connectivity index (χ0v) is 19.2. The summed E-state index contributed by atoms with van der Waals surface area (Å²) in [6.45, 7) is 7.87. The lowest BCUT2D eigenvalue weighted by Gasteiger charge is -2.26. The molecule has 4 rings (SSSR count). The van der Waals surface area contributed by atoms with Crippen LogP contribution in [0, 0.1) is 17.8 Å². The van der Waals surface area contributed by atoms with Crippen molar-refractivity contribution in [3.63, 3.8) is 0 Å². The highest BCUT2D eigenvalue weighted by molar-refractivity contribution is 5.84. The molecule has 1 heterocycles. The number of likely N-dealkylation sites (tertiary alicyclic amines) is 1. The first kappa shape index (κ1) is 22.1. The molecule has 31 heavy (non-hydrogen) atoms. The van der Waals surface area contributed by atoms with Crippen LogP contribution in [-0.4, -0.2) is 36.5 Å². The lowest BCUT2D eigenvalue weighted by molar-refractivity contribution is -0.124. The molecule has 1 N–H and O–H groups in total. The molecule has 0 spiro atoms. The number of hydrogen-bond acceptors (Lipinski definition) is 2. The molecule has 3 nitrogen and oxygen atoms in total. The second-order valence-corrected chi connectivity index (χ2v) is 9.95. The second kappa shape index (κ2) is 10.5. The van der Waals surface area contributed by atoms with Gasteiger partial charge in [-0.3, -0.25) is 4.79 Å². The molecule has 1 unspecified atom stereocenters. The maximum atomic E-state index is 13.2. The molecule has 2 aromatic carbocycles. The molecule has 0 radical (unpaired) electrons. The number of rotatable bonds is 9. The number of hydrogen-bond donors (Lipinski definition) is 1. The summed E-state index contributed by atoms with van der Waals surface area (Å²) in [5, 5.41) is 3.47. The average Bonchev–Trinajstić information content (AvgIpc) is 3.34. The number of carbonyl (C=O) groups excluding carboxylic acids is 1. The minimum Gasteiger partial charge on any atom is -0.352 e.